The normalized spacial score (nSPS) is 12.2. The van der Waals surface area contributed by atoms with Gasteiger partial charge in [-0.05, 0) is 24.6 Å². The molecule has 0 spiro atoms. The number of hydrogen-bond acceptors (Lipinski definition) is 4. The van der Waals surface area contributed by atoms with Crippen molar-refractivity contribution in [2.45, 2.75) is 23.5 Å². The van der Waals surface area contributed by atoms with Crippen molar-refractivity contribution in [3.8, 4) is 0 Å². The molecule has 88 valence electrons. The Balaban J connectivity index is 2.82. The topological polar surface area (TPSA) is 81.1 Å². The number of rotatable bonds is 4. The Labute approximate surface area is 107 Å². The lowest BCUT2D eigenvalue weighted by Crippen LogP contribution is -2.37. The molecular formula is C10H14BrN3OS. The zero-order chi connectivity index (χ0) is 12.1. The van der Waals surface area contributed by atoms with Gasteiger partial charge in [-0.1, -0.05) is 22.9 Å². The molecule has 5 N–H and O–H groups in total. The van der Waals surface area contributed by atoms with Gasteiger partial charge >= 0.3 is 0 Å². The first-order chi connectivity index (χ1) is 7.58. The van der Waals surface area contributed by atoms with E-state index in [0.29, 0.717) is 12.1 Å². The molecule has 1 rings (SSSR count). The largest absolute Gasteiger partial charge is 0.398 e. The Morgan fingerprint density at radius 3 is 2.81 bits per heavy atom. The molecule has 1 atom stereocenters. The fourth-order valence-electron chi connectivity index (χ4n) is 1.20. The second-order valence-electron chi connectivity index (χ2n) is 3.21. The second kappa shape index (κ2) is 6.12. The molecule has 0 heterocycles. The average molecular weight is 304 g/mol. The molecule has 0 saturated carbocycles. The fourth-order valence-corrected chi connectivity index (χ4v) is 2.56. The number of nitrogen functional groups attached to an aromatic ring is 1. The van der Waals surface area contributed by atoms with E-state index in [0.717, 1.165) is 9.37 Å². The molecule has 1 aromatic rings. The van der Waals surface area contributed by atoms with E-state index < -0.39 is 0 Å². The van der Waals surface area contributed by atoms with E-state index >= 15 is 0 Å². The number of anilines is 1. The Kier molecular flexibility index (Phi) is 5.11. The number of halogens is 1. The summed E-state index contributed by atoms with van der Waals surface area (Å²) in [4.78, 5) is 12.3. The summed E-state index contributed by atoms with van der Waals surface area (Å²) in [6.45, 7) is 1.93. The number of thioether (sulfide) groups is 1. The summed E-state index contributed by atoms with van der Waals surface area (Å²) in [5.41, 5.74) is 8.66. The van der Waals surface area contributed by atoms with Crippen LogP contribution < -0.4 is 17.0 Å². The van der Waals surface area contributed by atoms with Gasteiger partial charge in [0.1, 0.15) is 0 Å². The van der Waals surface area contributed by atoms with Crippen molar-refractivity contribution in [3.63, 3.8) is 0 Å². The minimum absolute atomic E-state index is 0.185. The number of hydrazine groups is 1. The second-order valence-corrected chi connectivity index (χ2v) is 5.37. The maximum Gasteiger partial charge on any atom is 0.247 e. The van der Waals surface area contributed by atoms with E-state index in [9.17, 15) is 4.79 Å². The van der Waals surface area contributed by atoms with E-state index in [-0.39, 0.29) is 11.2 Å². The van der Waals surface area contributed by atoms with E-state index in [2.05, 4.69) is 21.4 Å². The third-order valence-corrected chi connectivity index (χ3v) is 4.00. The smallest absolute Gasteiger partial charge is 0.247 e. The van der Waals surface area contributed by atoms with Crippen LogP contribution in [0.25, 0.3) is 0 Å². The van der Waals surface area contributed by atoms with Gasteiger partial charge in [0.25, 0.3) is 0 Å². The lowest BCUT2D eigenvalue weighted by atomic mass is 10.3. The molecule has 0 aliphatic carbocycles. The van der Waals surface area contributed by atoms with Crippen LogP contribution in [0.3, 0.4) is 0 Å². The minimum Gasteiger partial charge on any atom is -0.398 e. The molecule has 6 heteroatoms. The van der Waals surface area contributed by atoms with Crippen LogP contribution in [-0.4, -0.2) is 11.2 Å². The summed E-state index contributed by atoms with van der Waals surface area (Å²) >= 11 is 4.75. The molecule has 0 aromatic heterocycles. The van der Waals surface area contributed by atoms with Crippen molar-refractivity contribution in [1.29, 1.82) is 0 Å². The molecule has 0 fully saturated rings. The number of carbonyl (C=O) groups excluding carboxylic acids is 1. The number of nitrogens with one attached hydrogen (secondary N) is 1. The molecule has 0 aliphatic heterocycles. The van der Waals surface area contributed by atoms with Crippen molar-refractivity contribution < 1.29 is 4.79 Å². The molecule has 1 amide bonds. The van der Waals surface area contributed by atoms with Crippen molar-refractivity contribution in [2.24, 2.45) is 5.84 Å². The van der Waals surface area contributed by atoms with E-state index in [4.69, 9.17) is 11.6 Å². The number of amides is 1. The third-order valence-electron chi connectivity index (χ3n) is 2.05. The Hall–Kier alpha value is -0.720. The zero-order valence-corrected chi connectivity index (χ0v) is 11.3. The Morgan fingerprint density at radius 1 is 1.62 bits per heavy atom. The van der Waals surface area contributed by atoms with Crippen LogP contribution in [0.1, 0.15) is 13.3 Å². The Bertz CT molecular complexity index is 386. The van der Waals surface area contributed by atoms with Crippen LogP contribution in [0, 0.1) is 0 Å². The van der Waals surface area contributed by atoms with Crippen molar-refractivity contribution >= 4 is 39.3 Å². The number of nitrogens with two attached hydrogens (primary N) is 2. The minimum atomic E-state index is -0.214. The maximum absolute atomic E-state index is 11.4. The van der Waals surface area contributed by atoms with Crippen LogP contribution in [-0.2, 0) is 4.79 Å². The van der Waals surface area contributed by atoms with Gasteiger partial charge in [0.05, 0.1) is 5.25 Å². The summed E-state index contributed by atoms with van der Waals surface area (Å²) in [5.74, 6) is 4.93. The van der Waals surface area contributed by atoms with Gasteiger partial charge in [-0.25, -0.2) is 5.84 Å². The van der Waals surface area contributed by atoms with Crippen LogP contribution in [0.5, 0.6) is 0 Å². The lowest BCUT2D eigenvalue weighted by Gasteiger charge is -2.14. The first-order valence-corrected chi connectivity index (χ1v) is 6.47. The third kappa shape index (κ3) is 3.40. The summed E-state index contributed by atoms with van der Waals surface area (Å²) in [7, 11) is 0. The van der Waals surface area contributed by atoms with Crippen molar-refractivity contribution in [3.05, 3.63) is 22.7 Å². The molecule has 16 heavy (non-hydrogen) atoms. The number of hydrogen-bond donors (Lipinski definition) is 3. The number of benzene rings is 1. The predicted molar refractivity (Wildman–Crippen MR) is 70.8 cm³/mol. The van der Waals surface area contributed by atoms with Crippen molar-refractivity contribution in [2.75, 3.05) is 5.73 Å². The van der Waals surface area contributed by atoms with Gasteiger partial charge in [0.15, 0.2) is 0 Å². The zero-order valence-electron chi connectivity index (χ0n) is 8.87. The standard InChI is InChI=1S/C10H14BrN3OS/c1-2-8(10(15)14-13)16-9-4-3-6(11)5-7(9)12/h3-5,8H,2,12-13H2,1H3,(H,14,15). The highest BCUT2D eigenvalue weighted by Gasteiger charge is 2.17. The lowest BCUT2D eigenvalue weighted by molar-refractivity contribution is -0.120. The van der Waals surface area contributed by atoms with Gasteiger partial charge in [-0.2, -0.15) is 0 Å². The molecule has 4 nitrogen and oxygen atoms in total. The average Bonchev–Trinajstić information content (AvgIpc) is 2.27. The Morgan fingerprint density at radius 2 is 2.31 bits per heavy atom. The van der Waals surface area contributed by atoms with Crippen LogP contribution >= 0.6 is 27.7 Å². The maximum atomic E-state index is 11.4. The molecular weight excluding hydrogens is 290 g/mol. The summed E-state index contributed by atoms with van der Waals surface area (Å²) in [6.07, 6.45) is 0.698. The van der Waals surface area contributed by atoms with Gasteiger partial charge in [0.2, 0.25) is 5.91 Å². The molecule has 0 saturated heterocycles. The molecule has 0 aliphatic rings. The first kappa shape index (κ1) is 13.3. The highest BCUT2D eigenvalue weighted by molar-refractivity contribution is 9.10. The van der Waals surface area contributed by atoms with Crippen LogP contribution in [0.4, 0.5) is 5.69 Å². The van der Waals surface area contributed by atoms with Crippen molar-refractivity contribution in [1.82, 2.24) is 5.43 Å². The highest BCUT2D eigenvalue weighted by Crippen LogP contribution is 2.32. The fraction of sp³-hybridized carbons (Fsp3) is 0.300. The predicted octanol–water partition coefficient (Wildman–Crippen LogP) is 1.89. The van der Waals surface area contributed by atoms with Gasteiger partial charge in [-0.3, -0.25) is 10.2 Å². The molecule has 1 unspecified atom stereocenters. The van der Waals surface area contributed by atoms with Gasteiger partial charge < -0.3 is 5.73 Å². The molecule has 0 bridgehead atoms. The van der Waals surface area contributed by atoms with Gasteiger partial charge in [-0.15, -0.1) is 11.8 Å². The summed E-state index contributed by atoms with van der Waals surface area (Å²) < 4.78 is 0.922. The monoisotopic (exact) mass is 303 g/mol. The van der Waals surface area contributed by atoms with Gasteiger partial charge in [0, 0.05) is 15.1 Å². The summed E-state index contributed by atoms with van der Waals surface area (Å²) in [6, 6.07) is 5.59. The quantitative estimate of drug-likeness (QED) is 0.261. The molecule has 0 radical (unpaired) electrons. The number of carbonyl (C=O) groups is 1. The van der Waals surface area contributed by atoms with E-state index in [1.54, 1.807) is 0 Å². The van der Waals surface area contributed by atoms with Crippen LogP contribution in [0.15, 0.2) is 27.6 Å². The summed E-state index contributed by atoms with van der Waals surface area (Å²) in [5, 5.41) is -0.214. The highest BCUT2D eigenvalue weighted by atomic mass is 79.9. The van der Waals surface area contributed by atoms with E-state index in [1.807, 2.05) is 25.1 Å². The molecule has 1 aromatic carbocycles. The van der Waals surface area contributed by atoms with E-state index in [1.165, 1.54) is 11.8 Å². The SMILES string of the molecule is CCC(Sc1ccc(Br)cc1N)C(=O)NN. The first-order valence-electron chi connectivity index (χ1n) is 4.80. The van der Waals surface area contributed by atoms with Crippen LogP contribution in [0.2, 0.25) is 0 Å².